The second kappa shape index (κ2) is 4.48. The molecule has 0 aromatic carbocycles. The van der Waals surface area contributed by atoms with Crippen LogP contribution >= 0.6 is 11.6 Å². The number of aromatic nitrogens is 1. The smallest absolute Gasteiger partial charge is 0.307 e. The van der Waals surface area contributed by atoms with Gasteiger partial charge >= 0.3 is 5.97 Å². The average Bonchev–Trinajstić information content (AvgIpc) is 2.09. The summed E-state index contributed by atoms with van der Waals surface area (Å²) in [5.41, 5.74) is -1.18. The zero-order chi connectivity index (χ0) is 11.6. The molecule has 1 N–H and O–H groups in total. The van der Waals surface area contributed by atoms with Crippen LogP contribution in [0.15, 0.2) is 6.07 Å². The van der Waals surface area contributed by atoms with Gasteiger partial charge in [0, 0.05) is 0 Å². The predicted molar refractivity (Wildman–Crippen MR) is 45.5 cm³/mol. The quantitative estimate of drug-likeness (QED) is 0.824. The molecule has 0 spiro atoms. The molecule has 0 unspecified atom stereocenters. The SMILES string of the molecule is O=C(O)Cc1cc(F)c(Cl)nc1C(F)F. The van der Waals surface area contributed by atoms with Crippen LogP contribution in [0.4, 0.5) is 13.2 Å². The van der Waals surface area contributed by atoms with Gasteiger partial charge in [-0.15, -0.1) is 0 Å². The molecule has 0 fully saturated rings. The highest BCUT2D eigenvalue weighted by atomic mass is 35.5. The van der Waals surface area contributed by atoms with E-state index in [1.54, 1.807) is 0 Å². The number of carboxylic acids is 1. The Morgan fingerprint density at radius 1 is 1.60 bits per heavy atom. The summed E-state index contributed by atoms with van der Waals surface area (Å²) in [6.07, 6.45) is -3.71. The van der Waals surface area contributed by atoms with Crippen LogP contribution in [0.1, 0.15) is 17.7 Å². The predicted octanol–water partition coefficient (Wildman–Crippen LogP) is 2.44. The molecule has 0 atom stereocenters. The van der Waals surface area contributed by atoms with Crippen LogP contribution in [0.5, 0.6) is 0 Å². The van der Waals surface area contributed by atoms with E-state index in [0.29, 0.717) is 6.07 Å². The van der Waals surface area contributed by atoms with Crippen molar-refractivity contribution in [1.29, 1.82) is 0 Å². The van der Waals surface area contributed by atoms with E-state index in [9.17, 15) is 18.0 Å². The zero-order valence-corrected chi connectivity index (χ0v) is 7.93. The second-order valence-electron chi connectivity index (χ2n) is 2.68. The van der Waals surface area contributed by atoms with E-state index in [1.807, 2.05) is 0 Å². The maximum Gasteiger partial charge on any atom is 0.307 e. The Hall–Kier alpha value is -1.30. The van der Waals surface area contributed by atoms with Gasteiger partial charge < -0.3 is 5.11 Å². The Kier molecular flexibility index (Phi) is 3.52. The number of nitrogens with zero attached hydrogens (tertiary/aromatic N) is 1. The van der Waals surface area contributed by atoms with E-state index in [-0.39, 0.29) is 5.56 Å². The van der Waals surface area contributed by atoms with Gasteiger partial charge in [0.1, 0.15) is 5.69 Å². The van der Waals surface area contributed by atoms with Crippen LogP contribution < -0.4 is 0 Å². The summed E-state index contributed by atoms with van der Waals surface area (Å²) >= 11 is 5.20. The Morgan fingerprint density at radius 3 is 2.67 bits per heavy atom. The fourth-order valence-corrected chi connectivity index (χ4v) is 1.16. The molecule has 0 bridgehead atoms. The number of pyridine rings is 1. The molecule has 0 saturated carbocycles. The first kappa shape index (κ1) is 11.8. The zero-order valence-electron chi connectivity index (χ0n) is 7.18. The summed E-state index contributed by atoms with van der Waals surface area (Å²) in [6, 6.07) is 0.658. The molecule has 3 nitrogen and oxygen atoms in total. The molecule has 82 valence electrons. The third kappa shape index (κ3) is 2.82. The molecule has 0 aliphatic rings. The standard InChI is InChI=1S/C8H5ClF3NO2/c9-7-4(10)1-3(2-5(14)15)6(13-7)8(11)12/h1,8H,2H2,(H,14,15). The van der Waals surface area contributed by atoms with Crippen molar-refractivity contribution in [2.24, 2.45) is 0 Å². The van der Waals surface area contributed by atoms with Gasteiger partial charge in [0.2, 0.25) is 0 Å². The van der Waals surface area contributed by atoms with Gasteiger partial charge in [0.15, 0.2) is 11.0 Å². The van der Waals surface area contributed by atoms with Gasteiger partial charge in [0.05, 0.1) is 6.42 Å². The first-order valence-corrected chi connectivity index (χ1v) is 4.14. The molecule has 0 aliphatic carbocycles. The molecule has 0 aliphatic heterocycles. The summed E-state index contributed by atoms with van der Waals surface area (Å²) in [7, 11) is 0. The highest BCUT2D eigenvalue weighted by Crippen LogP contribution is 2.25. The molecule has 1 rings (SSSR count). The molecule has 15 heavy (non-hydrogen) atoms. The first-order valence-electron chi connectivity index (χ1n) is 3.76. The van der Waals surface area contributed by atoms with Crippen molar-refractivity contribution in [3.05, 3.63) is 28.3 Å². The normalized spacial score (nSPS) is 10.7. The fourth-order valence-electron chi connectivity index (χ4n) is 1.01. The van der Waals surface area contributed by atoms with E-state index in [1.165, 1.54) is 0 Å². The van der Waals surface area contributed by atoms with Crippen molar-refractivity contribution in [2.75, 3.05) is 0 Å². The highest BCUT2D eigenvalue weighted by molar-refractivity contribution is 6.29. The number of halogens is 4. The van der Waals surface area contributed by atoms with Gasteiger partial charge in [-0.05, 0) is 11.6 Å². The summed E-state index contributed by atoms with van der Waals surface area (Å²) in [5, 5.41) is 7.71. The lowest BCUT2D eigenvalue weighted by Gasteiger charge is -2.06. The molecular weight excluding hydrogens is 235 g/mol. The van der Waals surface area contributed by atoms with Crippen molar-refractivity contribution in [2.45, 2.75) is 12.8 Å². The lowest BCUT2D eigenvalue weighted by molar-refractivity contribution is -0.136. The van der Waals surface area contributed by atoms with E-state index in [4.69, 9.17) is 16.7 Å². The third-order valence-electron chi connectivity index (χ3n) is 1.59. The van der Waals surface area contributed by atoms with Gasteiger partial charge in [-0.1, -0.05) is 11.6 Å². The molecule has 1 aromatic rings. The second-order valence-corrected chi connectivity index (χ2v) is 3.03. The van der Waals surface area contributed by atoms with Crippen LogP contribution in [0.25, 0.3) is 0 Å². The van der Waals surface area contributed by atoms with Gasteiger partial charge in [-0.2, -0.15) is 0 Å². The monoisotopic (exact) mass is 239 g/mol. The number of hydrogen-bond donors (Lipinski definition) is 1. The molecule has 1 heterocycles. The lowest BCUT2D eigenvalue weighted by atomic mass is 10.1. The molecule has 0 amide bonds. The largest absolute Gasteiger partial charge is 0.481 e. The number of carbonyl (C=O) groups is 1. The summed E-state index contributed by atoms with van der Waals surface area (Å²) in [4.78, 5) is 13.4. The molecular formula is C8H5ClF3NO2. The van der Waals surface area contributed by atoms with Crippen molar-refractivity contribution in [1.82, 2.24) is 4.98 Å². The third-order valence-corrected chi connectivity index (χ3v) is 1.86. The molecule has 0 radical (unpaired) electrons. The number of hydrogen-bond acceptors (Lipinski definition) is 2. The summed E-state index contributed by atoms with van der Waals surface area (Å²) < 4.78 is 37.5. The molecule has 1 aromatic heterocycles. The van der Waals surface area contributed by atoms with Gasteiger partial charge in [0.25, 0.3) is 6.43 Å². The van der Waals surface area contributed by atoms with Gasteiger partial charge in [-0.25, -0.2) is 18.2 Å². The van der Waals surface area contributed by atoms with E-state index < -0.39 is 35.5 Å². The summed E-state index contributed by atoms with van der Waals surface area (Å²) in [5.74, 6) is -2.36. The number of alkyl halides is 2. The first-order chi connectivity index (χ1) is 6.91. The van der Waals surface area contributed by atoms with Crippen LogP contribution in [-0.4, -0.2) is 16.1 Å². The Bertz CT molecular complexity index is 398. The molecule has 0 saturated heterocycles. The van der Waals surface area contributed by atoms with Crippen molar-refractivity contribution in [3.8, 4) is 0 Å². The maximum atomic E-state index is 12.8. The Morgan fingerprint density at radius 2 is 2.20 bits per heavy atom. The minimum Gasteiger partial charge on any atom is -0.481 e. The number of carboxylic acid groups (broad SMARTS) is 1. The van der Waals surface area contributed by atoms with Crippen LogP contribution in [0.2, 0.25) is 5.15 Å². The van der Waals surface area contributed by atoms with E-state index in [2.05, 4.69) is 4.98 Å². The minimum atomic E-state index is -2.99. The van der Waals surface area contributed by atoms with Crippen molar-refractivity contribution >= 4 is 17.6 Å². The van der Waals surface area contributed by atoms with Crippen LogP contribution in [-0.2, 0) is 11.2 Å². The fraction of sp³-hybridized carbons (Fsp3) is 0.250. The van der Waals surface area contributed by atoms with E-state index >= 15 is 0 Å². The van der Waals surface area contributed by atoms with E-state index in [0.717, 1.165) is 0 Å². The molecule has 7 heteroatoms. The average molecular weight is 240 g/mol. The van der Waals surface area contributed by atoms with Crippen LogP contribution in [0, 0.1) is 5.82 Å². The minimum absolute atomic E-state index is 0.376. The van der Waals surface area contributed by atoms with Crippen molar-refractivity contribution in [3.63, 3.8) is 0 Å². The highest BCUT2D eigenvalue weighted by Gasteiger charge is 2.19. The number of rotatable bonds is 3. The topological polar surface area (TPSA) is 50.2 Å². The van der Waals surface area contributed by atoms with Gasteiger partial charge in [-0.3, -0.25) is 4.79 Å². The number of aliphatic carboxylic acids is 1. The lowest BCUT2D eigenvalue weighted by Crippen LogP contribution is -2.07. The van der Waals surface area contributed by atoms with Crippen molar-refractivity contribution < 1.29 is 23.1 Å². The van der Waals surface area contributed by atoms with Crippen LogP contribution in [0.3, 0.4) is 0 Å². The summed E-state index contributed by atoms with van der Waals surface area (Å²) in [6.45, 7) is 0. The maximum absolute atomic E-state index is 12.8. The Balaban J connectivity index is 3.21. The Labute approximate surface area is 87.5 Å².